The first-order valence-corrected chi connectivity index (χ1v) is 11.7. The monoisotopic (exact) mass is 504 g/mol. The van der Waals surface area contributed by atoms with Crippen molar-refractivity contribution in [2.24, 2.45) is 17.1 Å². The number of nitrogens with two attached hydrogens (primary N) is 1. The first kappa shape index (κ1) is 26.1. The third kappa shape index (κ3) is 5.60. The van der Waals surface area contributed by atoms with Crippen molar-refractivity contribution in [3.63, 3.8) is 0 Å². The number of primary amides is 1. The summed E-state index contributed by atoms with van der Waals surface area (Å²) in [5.41, 5.74) is 7.89. The number of amides is 4. The molecule has 0 bridgehead atoms. The zero-order valence-corrected chi connectivity index (χ0v) is 20.6. The summed E-state index contributed by atoms with van der Waals surface area (Å²) in [7, 11) is 0. The molecule has 3 rings (SSSR count). The highest BCUT2D eigenvalue weighted by atomic mass is 32.1. The number of phenols is 1. The normalized spacial score (nSPS) is 18.9. The molecule has 4 amide bonds. The number of phenolic OH excluding ortho intramolecular Hbond substituents is 1. The Labute approximate surface area is 205 Å². The van der Waals surface area contributed by atoms with E-state index in [2.05, 4.69) is 10.3 Å². The molecule has 0 aliphatic carbocycles. The van der Waals surface area contributed by atoms with E-state index in [0.29, 0.717) is 10.5 Å². The third-order valence-electron chi connectivity index (χ3n) is 5.63. The summed E-state index contributed by atoms with van der Waals surface area (Å²) < 4.78 is 4.91. The zero-order valence-electron chi connectivity index (χ0n) is 19.8. The highest BCUT2D eigenvalue weighted by Crippen LogP contribution is 2.32. The van der Waals surface area contributed by atoms with Gasteiger partial charge in [0.2, 0.25) is 11.8 Å². The lowest BCUT2D eigenvalue weighted by Gasteiger charge is -2.30. The second-order valence-electron chi connectivity index (χ2n) is 9.34. The fraction of sp³-hybridized carbons (Fsp3) is 0.435. The largest absolute Gasteiger partial charge is 0.508 e. The van der Waals surface area contributed by atoms with Gasteiger partial charge in [-0.25, -0.2) is 9.78 Å². The molecule has 0 radical (unpaired) electrons. The maximum atomic E-state index is 12.9. The molecular formula is C23H28N4O7S. The quantitative estimate of drug-likeness (QED) is 0.426. The number of aliphatic hydroxyl groups is 1. The number of hydrogen-bond acceptors (Lipinski definition) is 9. The van der Waals surface area contributed by atoms with E-state index in [-0.39, 0.29) is 12.3 Å². The second kappa shape index (κ2) is 10.0. The van der Waals surface area contributed by atoms with Gasteiger partial charge >= 0.3 is 6.09 Å². The lowest BCUT2D eigenvalue weighted by atomic mass is 9.88. The van der Waals surface area contributed by atoms with E-state index in [9.17, 15) is 29.4 Å². The summed E-state index contributed by atoms with van der Waals surface area (Å²) in [6.45, 7) is 6.18. The topological polar surface area (TPSA) is 172 Å². The number of aromatic nitrogens is 1. The number of rotatable bonds is 6. The molecule has 1 fully saturated rings. The second-order valence-corrected chi connectivity index (χ2v) is 10.2. The number of ether oxygens (including phenoxy) is 1. The van der Waals surface area contributed by atoms with Crippen molar-refractivity contribution in [1.82, 2.24) is 15.2 Å². The first-order chi connectivity index (χ1) is 16.3. The van der Waals surface area contributed by atoms with Crippen molar-refractivity contribution in [2.75, 3.05) is 6.54 Å². The number of nitrogens with one attached hydrogen (secondary N) is 1. The first-order valence-electron chi connectivity index (χ1n) is 10.8. The predicted octanol–water partition coefficient (Wildman–Crippen LogP) is 1.30. The number of nitrogens with zero attached hydrogens (tertiary/aromatic N) is 2. The van der Waals surface area contributed by atoms with E-state index in [1.54, 1.807) is 44.5 Å². The summed E-state index contributed by atoms with van der Waals surface area (Å²) in [5.74, 6) is -4.18. The maximum Gasteiger partial charge on any atom is 0.405 e. The van der Waals surface area contributed by atoms with Crippen LogP contribution in [0, 0.1) is 18.3 Å². The van der Waals surface area contributed by atoms with Crippen LogP contribution in [0.2, 0.25) is 0 Å². The van der Waals surface area contributed by atoms with Crippen molar-refractivity contribution < 1.29 is 34.1 Å². The van der Waals surface area contributed by atoms with Crippen molar-refractivity contribution in [3.05, 3.63) is 35.0 Å². The number of likely N-dealkylation sites (tertiary alicyclic amines) is 1. The van der Waals surface area contributed by atoms with Gasteiger partial charge < -0.3 is 26.0 Å². The molecule has 1 aromatic heterocycles. The molecule has 0 spiro atoms. The van der Waals surface area contributed by atoms with Gasteiger partial charge in [-0.05, 0) is 18.6 Å². The Balaban J connectivity index is 1.69. The minimum Gasteiger partial charge on any atom is -0.508 e. The minimum absolute atomic E-state index is 0.0534. The van der Waals surface area contributed by atoms with E-state index < -0.39 is 53.9 Å². The molecule has 188 valence electrons. The standard InChI is InChI=1S/C23H28N4O7S/c1-11-17(35-10-26-11)12-5-6-13(14(28)7-12)8-25-19(30)16-15(29)9-27(20(16)31)21(32)18(23(2,3)4)34-22(24)33/h5-7,10,15-16,18,28-29H,8-9H2,1-4H3,(H2,24,33)(H,25,30)/t15-,16+,18+/m0/s1. The zero-order chi connectivity index (χ0) is 26.1. The highest BCUT2D eigenvalue weighted by Gasteiger charge is 2.50. The Kier molecular flexibility index (Phi) is 7.46. The molecule has 0 unspecified atom stereocenters. The van der Waals surface area contributed by atoms with Crippen molar-refractivity contribution in [2.45, 2.75) is 46.4 Å². The number of β-amino-alcohol motifs (C(OH)–C–C–N with tert-alkyl or cyclic N) is 1. The van der Waals surface area contributed by atoms with Crippen LogP contribution in [-0.4, -0.2) is 62.7 Å². The van der Waals surface area contributed by atoms with Crippen molar-refractivity contribution in [3.8, 4) is 16.2 Å². The maximum absolute atomic E-state index is 12.9. The van der Waals surface area contributed by atoms with Gasteiger partial charge in [0.15, 0.2) is 6.10 Å². The number of hydrogen-bond donors (Lipinski definition) is 4. The number of thiazole rings is 1. The molecule has 1 aromatic carbocycles. The van der Waals surface area contributed by atoms with Crippen molar-refractivity contribution >= 4 is 35.2 Å². The predicted molar refractivity (Wildman–Crippen MR) is 126 cm³/mol. The molecule has 2 aromatic rings. The van der Waals surface area contributed by atoms with Gasteiger partial charge in [0.25, 0.3) is 5.91 Å². The van der Waals surface area contributed by atoms with Crippen LogP contribution >= 0.6 is 11.3 Å². The van der Waals surface area contributed by atoms with E-state index in [1.165, 1.54) is 11.3 Å². The van der Waals surface area contributed by atoms with Crippen LogP contribution in [0.3, 0.4) is 0 Å². The van der Waals surface area contributed by atoms with Gasteiger partial charge in [0, 0.05) is 17.5 Å². The van der Waals surface area contributed by atoms with Crippen LogP contribution in [0.1, 0.15) is 32.0 Å². The van der Waals surface area contributed by atoms with Crippen LogP contribution in [-0.2, 0) is 25.7 Å². The molecule has 1 aliphatic rings. The van der Waals surface area contributed by atoms with Gasteiger partial charge in [0.05, 0.1) is 28.7 Å². The van der Waals surface area contributed by atoms with E-state index in [1.807, 2.05) is 6.92 Å². The van der Waals surface area contributed by atoms with E-state index in [4.69, 9.17) is 10.5 Å². The summed E-state index contributed by atoms with van der Waals surface area (Å²) in [6.07, 6.45) is -4.02. The highest BCUT2D eigenvalue weighted by molar-refractivity contribution is 7.13. The molecule has 0 saturated carbocycles. The fourth-order valence-electron chi connectivity index (χ4n) is 3.78. The molecule has 5 N–H and O–H groups in total. The third-order valence-corrected chi connectivity index (χ3v) is 6.60. The van der Waals surface area contributed by atoms with Crippen LogP contribution in [0.25, 0.3) is 10.4 Å². The number of aromatic hydroxyl groups is 1. The average Bonchev–Trinajstić information content (AvgIpc) is 3.31. The number of carbonyl (C=O) groups is 4. The van der Waals surface area contributed by atoms with Gasteiger partial charge in [0.1, 0.15) is 11.7 Å². The Morgan fingerprint density at radius 3 is 2.57 bits per heavy atom. The Morgan fingerprint density at radius 2 is 2.03 bits per heavy atom. The van der Waals surface area contributed by atoms with Crippen LogP contribution in [0.5, 0.6) is 5.75 Å². The van der Waals surface area contributed by atoms with Gasteiger partial charge in [-0.2, -0.15) is 0 Å². The number of carbonyl (C=O) groups excluding carboxylic acids is 4. The molecular weight excluding hydrogens is 476 g/mol. The van der Waals surface area contributed by atoms with Crippen LogP contribution < -0.4 is 11.1 Å². The Bertz CT molecular complexity index is 1160. The number of aryl methyl sites for hydroxylation is 1. The van der Waals surface area contributed by atoms with Crippen molar-refractivity contribution in [1.29, 1.82) is 0 Å². The molecule has 1 aliphatic heterocycles. The lowest BCUT2D eigenvalue weighted by molar-refractivity contribution is -0.153. The van der Waals surface area contributed by atoms with E-state index in [0.717, 1.165) is 16.1 Å². The molecule has 3 atom stereocenters. The summed E-state index contributed by atoms with van der Waals surface area (Å²) in [5, 5.41) is 23.3. The minimum atomic E-state index is -1.53. The molecule has 11 nitrogen and oxygen atoms in total. The van der Waals surface area contributed by atoms with Gasteiger partial charge in [-0.15, -0.1) is 11.3 Å². The summed E-state index contributed by atoms with van der Waals surface area (Å²) in [4.78, 5) is 55.6. The van der Waals surface area contributed by atoms with Gasteiger partial charge in [-0.1, -0.05) is 32.9 Å². The fourth-order valence-corrected chi connectivity index (χ4v) is 4.58. The summed E-state index contributed by atoms with van der Waals surface area (Å²) in [6, 6.07) is 4.98. The number of imide groups is 1. The molecule has 2 heterocycles. The number of aliphatic hydroxyl groups excluding tert-OH is 1. The lowest BCUT2D eigenvalue weighted by Crippen LogP contribution is -2.49. The molecule has 12 heteroatoms. The Morgan fingerprint density at radius 1 is 1.34 bits per heavy atom. The molecule has 35 heavy (non-hydrogen) atoms. The van der Waals surface area contributed by atoms with Gasteiger partial charge in [-0.3, -0.25) is 19.3 Å². The van der Waals surface area contributed by atoms with E-state index >= 15 is 0 Å². The Hall–Kier alpha value is -3.51. The van der Waals surface area contributed by atoms with Crippen LogP contribution in [0.4, 0.5) is 4.79 Å². The smallest absolute Gasteiger partial charge is 0.405 e. The SMILES string of the molecule is Cc1ncsc1-c1ccc(CNC(=O)[C@@H]2C(=O)N(C(=O)[C@@H](OC(N)=O)C(C)(C)C)C[C@@H]2O)c(O)c1. The molecule has 1 saturated heterocycles. The van der Waals surface area contributed by atoms with Crippen LogP contribution in [0.15, 0.2) is 23.7 Å². The average molecular weight is 505 g/mol. The number of benzene rings is 1. The summed E-state index contributed by atoms with van der Waals surface area (Å²) >= 11 is 1.44.